The molecule has 0 bridgehead atoms. The normalized spacial score (nSPS) is 10.2. The Balaban J connectivity index is 2.05. The number of thiocarbonyl (C=S) groups is 1. The summed E-state index contributed by atoms with van der Waals surface area (Å²) in [7, 11) is 0. The van der Waals surface area contributed by atoms with Gasteiger partial charge in [0.15, 0.2) is 10.9 Å². The van der Waals surface area contributed by atoms with E-state index in [1.165, 1.54) is 0 Å². The Labute approximate surface area is 106 Å². The molecular formula is C10H18N4O2S. The Morgan fingerprint density at radius 2 is 2.29 bits per heavy atom. The molecule has 0 atom stereocenters. The van der Waals surface area contributed by atoms with Gasteiger partial charge in [-0.05, 0) is 32.5 Å². The predicted octanol–water partition coefficient (Wildman–Crippen LogP) is 0.769. The third kappa shape index (κ3) is 6.18. The van der Waals surface area contributed by atoms with Crippen molar-refractivity contribution < 1.29 is 9.26 Å². The zero-order chi connectivity index (χ0) is 12.5. The Morgan fingerprint density at radius 1 is 1.47 bits per heavy atom. The van der Waals surface area contributed by atoms with Crippen LogP contribution in [0.15, 0.2) is 4.52 Å². The van der Waals surface area contributed by atoms with Crippen LogP contribution >= 0.6 is 12.2 Å². The molecule has 0 aliphatic rings. The minimum absolute atomic E-state index is 0.443. The molecule has 0 aliphatic heterocycles. The van der Waals surface area contributed by atoms with Crippen LogP contribution in [0.5, 0.6) is 0 Å². The quantitative estimate of drug-likeness (QED) is 0.553. The molecule has 2 N–H and O–H groups in total. The first kappa shape index (κ1) is 13.9. The van der Waals surface area contributed by atoms with Crippen molar-refractivity contribution in [2.75, 3.05) is 19.8 Å². The number of nitrogens with one attached hydrogen (secondary N) is 2. The first-order valence-corrected chi connectivity index (χ1v) is 6.02. The number of aromatic nitrogens is 2. The van der Waals surface area contributed by atoms with Gasteiger partial charge in [0.1, 0.15) is 0 Å². The lowest BCUT2D eigenvalue weighted by Gasteiger charge is -2.08. The maximum absolute atomic E-state index is 5.21. The summed E-state index contributed by atoms with van der Waals surface area (Å²) in [4.78, 5) is 4.06. The smallest absolute Gasteiger partial charge is 0.246 e. The van der Waals surface area contributed by atoms with Gasteiger partial charge in [0.25, 0.3) is 0 Å². The molecule has 7 heteroatoms. The van der Waals surface area contributed by atoms with Crippen molar-refractivity contribution in [3.8, 4) is 0 Å². The largest absolute Gasteiger partial charge is 0.382 e. The number of hydrogen-bond donors (Lipinski definition) is 2. The van der Waals surface area contributed by atoms with Gasteiger partial charge >= 0.3 is 0 Å². The van der Waals surface area contributed by atoms with Crippen LogP contribution in [0.2, 0.25) is 0 Å². The van der Waals surface area contributed by atoms with E-state index in [1.54, 1.807) is 6.92 Å². The minimum atomic E-state index is 0.443. The van der Waals surface area contributed by atoms with Crippen LogP contribution < -0.4 is 10.6 Å². The molecule has 0 fully saturated rings. The van der Waals surface area contributed by atoms with E-state index in [-0.39, 0.29) is 0 Å². The second-order valence-corrected chi connectivity index (χ2v) is 3.80. The van der Waals surface area contributed by atoms with Crippen LogP contribution in [0.25, 0.3) is 0 Å². The summed E-state index contributed by atoms with van der Waals surface area (Å²) in [5.41, 5.74) is 0. The molecule has 0 amide bonds. The van der Waals surface area contributed by atoms with Crippen molar-refractivity contribution in [3.05, 3.63) is 11.7 Å². The second kappa shape index (κ2) is 7.97. The molecule has 0 saturated heterocycles. The van der Waals surface area contributed by atoms with Gasteiger partial charge in [-0.2, -0.15) is 4.98 Å². The molecule has 0 spiro atoms. The fraction of sp³-hybridized carbons (Fsp3) is 0.700. The first-order chi connectivity index (χ1) is 8.22. The fourth-order valence-electron chi connectivity index (χ4n) is 1.15. The average Bonchev–Trinajstić information content (AvgIpc) is 2.72. The summed E-state index contributed by atoms with van der Waals surface area (Å²) < 4.78 is 10.2. The first-order valence-electron chi connectivity index (χ1n) is 5.61. The fourth-order valence-corrected chi connectivity index (χ4v) is 1.32. The number of hydrogen-bond acceptors (Lipinski definition) is 5. The molecule has 1 rings (SSSR count). The van der Waals surface area contributed by atoms with Gasteiger partial charge in [0.05, 0.1) is 6.54 Å². The van der Waals surface area contributed by atoms with E-state index >= 15 is 0 Å². The molecule has 0 unspecified atom stereocenters. The lowest BCUT2D eigenvalue weighted by atomic mass is 10.4. The molecule has 1 aromatic heterocycles. The van der Waals surface area contributed by atoms with Gasteiger partial charge in [0, 0.05) is 19.8 Å². The summed E-state index contributed by atoms with van der Waals surface area (Å²) in [5, 5.41) is 10.3. The minimum Gasteiger partial charge on any atom is -0.382 e. The van der Waals surface area contributed by atoms with Crippen molar-refractivity contribution in [1.29, 1.82) is 0 Å². The van der Waals surface area contributed by atoms with Gasteiger partial charge in [-0.15, -0.1) is 0 Å². The molecule has 0 aliphatic carbocycles. The third-order valence-corrected chi connectivity index (χ3v) is 2.21. The number of nitrogens with zero attached hydrogens (tertiary/aromatic N) is 2. The molecule has 0 radical (unpaired) electrons. The summed E-state index contributed by atoms with van der Waals surface area (Å²) in [5.74, 6) is 1.15. The van der Waals surface area contributed by atoms with E-state index in [9.17, 15) is 0 Å². The van der Waals surface area contributed by atoms with E-state index in [0.717, 1.165) is 26.2 Å². The summed E-state index contributed by atoms with van der Waals surface area (Å²) in [6, 6.07) is 0. The summed E-state index contributed by atoms with van der Waals surface area (Å²) in [6.45, 7) is 6.48. The van der Waals surface area contributed by atoms with Gasteiger partial charge < -0.3 is 19.9 Å². The van der Waals surface area contributed by atoms with Crippen LogP contribution in [0, 0.1) is 6.92 Å². The van der Waals surface area contributed by atoms with Crippen LogP contribution in [-0.2, 0) is 11.3 Å². The lowest BCUT2D eigenvalue weighted by Crippen LogP contribution is -2.35. The highest BCUT2D eigenvalue weighted by Crippen LogP contribution is 1.94. The van der Waals surface area contributed by atoms with Gasteiger partial charge in [0.2, 0.25) is 5.89 Å². The highest BCUT2D eigenvalue weighted by Gasteiger charge is 2.02. The van der Waals surface area contributed by atoms with Crippen molar-refractivity contribution >= 4 is 17.3 Å². The van der Waals surface area contributed by atoms with Gasteiger partial charge in [-0.3, -0.25) is 0 Å². The zero-order valence-electron chi connectivity index (χ0n) is 10.2. The third-order valence-electron chi connectivity index (χ3n) is 1.92. The molecular weight excluding hydrogens is 240 g/mol. The summed E-state index contributed by atoms with van der Waals surface area (Å²) in [6.07, 6.45) is 0.926. The van der Waals surface area contributed by atoms with Gasteiger partial charge in [-0.1, -0.05) is 5.16 Å². The topological polar surface area (TPSA) is 72.2 Å². The molecule has 0 saturated carbocycles. The average molecular weight is 258 g/mol. The number of aryl methyl sites for hydroxylation is 1. The van der Waals surface area contributed by atoms with Crippen LogP contribution in [0.3, 0.4) is 0 Å². The Bertz CT molecular complexity index is 343. The monoisotopic (exact) mass is 258 g/mol. The molecule has 1 aromatic rings. The molecule has 1 heterocycles. The molecule has 96 valence electrons. The summed E-state index contributed by atoms with van der Waals surface area (Å²) >= 11 is 5.09. The maximum Gasteiger partial charge on any atom is 0.246 e. The SMILES string of the molecule is CCOCCCNC(=S)NCc1nc(C)no1. The number of ether oxygens (including phenoxy) is 1. The number of rotatable bonds is 7. The second-order valence-electron chi connectivity index (χ2n) is 3.40. The van der Waals surface area contributed by atoms with Crippen molar-refractivity contribution in [1.82, 2.24) is 20.8 Å². The van der Waals surface area contributed by atoms with Crippen LogP contribution in [0.4, 0.5) is 0 Å². The zero-order valence-corrected chi connectivity index (χ0v) is 11.0. The van der Waals surface area contributed by atoms with E-state index in [4.69, 9.17) is 21.5 Å². The standard InChI is InChI=1S/C10H18N4O2S/c1-3-15-6-4-5-11-10(17)12-7-9-13-8(2)14-16-9/h3-7H2,1-2H3,(H2,11,12,17). The highest BCUT2D eigenvalue weighted by atomic mass is 32.1. The van der Waals surface area contributed by atoms with E-state index in [0.29, 0.717) is 23.4 Å². The maximum atomic E-state index is 5.21. The van der Waals surface area contributed by atoms with Crippen LogP contribution in [-0.4, -0.2) is 35.0 Å². The van der Waals surface area contributed by atoms with E-state index in [2.05, 4.69) is 20.8 Å². The Kier molecular flexibility index (Phi) is 6.49. The van der Waals surface area contributed by atoms with E-state index < -0.39 is 0 Å². The molecule has 6 nitrogen and oxygen atoms in total. The lowest BCUT2D eigenvalue weighted by molar-refractivity contribution is 0.145. The van der Waals surface area contributed by atoms with E-state index in [1.807, 2.05) is 6.92 Å². The van der Waals surface area contributed by atoms with Crippen molar-refractivity contribution in [2.24, 2.45) is 0 Å². The molecule has 0 aromatic carbocycles. The van der Waals surface area contributed by atoms with Crippen molar-refractivity contribution in [2.45, 2.75) is 26.8 Å². The molecule has 17 heavy (non-hydrogen) atoms. The Hall–Kier alpha value is -1.21. The van der Waals surface area contributed by atoms with Gasteiger partial charge in [-0.25, -0.2) is 0 Å². The van der Waals surface area contributed by atoms with Crippen molar-refractivity contribution in [3.63, 3.8) is 0 Å². The predicted molar refractivity (Wildman–Crippen MR) is 67.6 cm³/mol. The Morgan fingerprint density at radius 3 is 2.94 bits per heavy atom. The highest BCUT2D eigenvalue weighted by molar-refractivity contribution is 7.80. The van der Waals surface area contributed by atoms with Crippen LogP contribution in [0.1, 0.15) is 25.1 Å².